The van der Waals surface area contributed by atoms with Gasteiger partial charge in [-0.3, -0.25) is 0 Å². The van der Waals surface area contributed by atoms with Crippen LogP contribution in [0.1, 0.15) is 38.7 Å². The van der Waals surface area contributed by atoms with E-state index < -0.39 is 28.3 Å². The molecule has 2 aliphatic heterocycles. The Kier molecular flexibility index (Phi) is 7.13. The third-order valence-electron chi connectivity index (χ3n) is 7.80. The monoisotopic (exact) mass is 559 g/mol. The van der Waals surface area contributed by atoms with Gasteiger partial charge in [-0.2, -0.15) is 4.98 Å². The maximum atomic E-state index is 14.2. The Bertz CT molecular complexity index is 1480. The number of anilines is 4. The van der Waals surface area contributed by atoms with Crippen molar-refractivity contribution < 1.29 is 17.2 Å². The summed E-state index contributed by atoms with van der Waals surface area (Å²) in [4.78, 5) is 17.0. The number of nitrogens with two attached hydrogens (primary N) is 1. The highest BCUT2D eigenvalue weighted by Crippen LogP contribution is 2.39. The van der Waals surface area contributed by atoms with Gasteiger partial charge in [0, 0.05) is 54.8 Å². The lowest BCUT2D eigenvalue weighted by molar-refractivity contribution is -0.0303. The zero-order valence-corrected chi connectivity index (χ0v) is 23.4. The summed E-state index contributed by atoms with van der Waals surface area (Å²) in [6.45, 7) is 6.83. The predicted octanol–water partition coefficient (Wildman–Crippen LogP) is 3.93. The fourth-order valence-electron chi connectivity index (χ4n) is 5.48. The van der Waals surface area contributed by atoms with Crippen molar-refractivity contribution in [3.05, 3.63) is 42.2 Å². The summed E-state index contributed by atoms with van der Waals surface area (Å²) in [6.07, 6.45) is 4.80. The topological polar surface area (TPSA) is 117 Å². The van der Waals surface area contributed by atoms with Crippen LogP contribution in [0.2, 0.25) is 0 Å². The van der Waals surface area contributed by atoms with E-state index in [2.05, 4.69) is 58.1 Å². The van der Waals surface area contributed by atoms with E-state index in [4.69, 9.17) is 5.73 Å². The van der Waals surface area contributed by atoms with Crippen LogP contribution in [-0.2, 0) is 9.84 Å². The van der Waals surface area contributed by atoms with E-state index in [1.54, 1.807) is 6.07 Å². The fraction of sp³-hybridized carbons (Fsp3) is 0.519. The predicted molar refractivity (Wildman–Crippen MR) is 151 cm³/mol. The first-order valence-corrected chi connectivity index (χ1v) is 15.2. The number of halogens is 2. The molecule has 0 aliphatic carbocycles. The molecular formula is C27H35F2N7O2S. The van der Waals surface area contributed by atoms with Crippen LogP contribution in [0.15, 0.2) is 36.7 Å². The first-order chi connectivity index (χ1) is 18.3. The van der Waals surface area contributed by atoms with Crippen LogP contribution < -0.4 is 20.9 Å². The number of aromatic nitrogens is 3. The van der Waals surface area contributed by atoms with Crippen LogP contribution >= 0.6 is 0 Å². The first-order valence-electron chi connectivity index (χ1n) is 13.2. The molecule has 2 saturated heterocycles. The molecule has 9 nitrogen and oxygen atoms in total. The van der Waals surface area contributed by atoms with Crippen LogP contribution in [0.25, 0.3) is 10.8 Å². The van der Waals surface area contributed by atoms with Crippen molar-refractivity contribution in [3.63, 3.8) is 0 Å². The number of hydrogen-bond acceptors (Lipinski definition) is 9. The number of nitrogens with zero attached hydrogens (tertiary/aromatic N) is 5. The number of pyridine rings is 1. The zero-order chi connectivity index (χ0) is 28.1. The molecule has 4 heterocycles. The Morgan fingerprint density at radius 2 is 1.95 bits per heavy atom. The standard InChI is InChI=1S/C27H35F2N7O2S/c1-16(2)19-5-6-22(36-13-18(17(36)3)14-39(4,37)38)21-12-32-25(11-20(19)21)33-24-7-9-31-26(34-24)35-10-8-23(30)27(28,29)15-35/h5-7,9,11-12,16-18,23H,8,10,13-15,30H2,1-4H3,(H,31,32,33,34)/t17-,18-,23?/m1/s1. The summed E-state index contributed by atoms with van der Waals surface area (Å²) < 4.78 is 52.0. The van der Waals surface area contributed by atoms with Crippen molar-refractivity contribution in [2.24, 2.45) is 11.7 Å². The van der Waals surface area contributed by atoms with Gasteiger partial charge in [-0.25, -0.2) is 27.2 Å². The van der Waals surface area contributed by atoms with Crippen LogP contribution in [0.4, 0.5) is 32.1 Å². The van der Waals surface area contributed by atoms with E-state index in [0.29, 0.717) is 24.7 Å². The molecule has 0 amide bonds. The molecule has 3 N–H and O–H groups in total. The van der Waals surface area contributed by atoms with Crippen LogP contribution in [0.3, 0.4) is 0 Å². The Balaban J connectivity index is 1.41. The maximum absolute atomic E-state index is 14.2. The van der Waals surface area contributed by atoms with E-state index >= 15 is 0 Å². The molecule has 3 aromatic rings. The highest BCUT2D eigenvalue weighted by molar-refractivity contribution is 7.90. The lowest BCUT2D eigenvalue weighted by Gasteiger charge is -2.48. The number of hydrogen-bond donors (Lipinski definition) is 2. The smallest absolute Gasteiger partial charge is 0.280 e. The number of alkyl halides is 2. The van der Waals surface area contributed by atoms with Gasteiger partial charge in [0.1, 0.15) is 21.5 Å². The van der Waals surface area contributed by atoms with Crippen molar-refractivity contribution in [1.29, 1.82) is 0 Å². The molecule has 0 spiro atoms. The second-order valence-electron chi connectivity index (χ2n) is 11.1. The molecule has 3 atom stereocenters. The van der Waals surface area contributed by atoms with Crippen LogP contribution in [0.5, 0.6) is 0 Å². The Morgan fingerprint density at radius 3 is 2.62 bits per heavy atom. The van der Waals surface area contributed by atoms with Gasteiger partial charge in [0.15, 0.2) is 0 Å². The van der Waals surface area contributed by atoms with Gasteiger partial charge in [-0.1, -0.05) is 19.9 Å². The van der Waals surface area contributed by atoms with Gasteiger partial charge >= 0.3 is 0 Å². The number of rotatable bonds is 7. The normalized spacial score (nSPS) is 23.2. The number of benzene rings is 1. The van der Waals surface area contributed by atoms with Gasteiger partial charge in [-0.15, -0.1) is 0 Å². The third kappa shape index (κ3) is 5.62. The lowest BCUT2D eigenvalue weighted by atomic mass is 9.88. The molecule has 0 saturated carbocycles. The molecule has 1 unspecified atom stereocenters. The summed E-state index contributed by atoms with van der Waals surface area (Å²) in [5, 5.41) is 5.24. The average molecular weight is 560 g/mol. The van der Waals surface area contributed by atoms with E-state index in [0.717, 1.165) is 22.0 Å². The van der Waals surface area contributed by atoms with Crippen molar-refractivity contribution in [2.45, 2.75) is 51.1 Å². The van der Waals surface area contributed by atoms with Gasteiger partial charge < -0.3 is 20.9 Å². The highest BCUT2D eigenvalue weighted by Gasteiger charge is 2.43. The molecule has 39 heavy (non-hydrogen) atoms. The summed E-state index contributed by atoms with van der Waals surface area (Å²) in [6, 6.07) is 6.79. The minimum absolute atomic E-state index is 0.0938. The lowest BCUT2D eigenvalue weighted by Crippen LogP contribution is -2.57. The second kappa shape index (κ2) is 10.1. The second-order valence-corrected chi connectivity index (χ2v) is 13.3. The number of fused-ring (bicyclic) bond motifs is 1. The quantitative estimate of drug-likeness (QED) is 0.444. The molecule has 5 rings (SSSR count). The molecule has 0 radical (unpaired) electrons. The largest absolute Gasteiger partial charge is 0.368 e. The summed E-state index contributed by atoms with van der Waals surface area (Å²) in [7, 11) is -3.04. The minimum Gasteiger partial charge on any atom is -0.368 e. The Hall–Kier alpha value is -3.12. The highest BCUT2D eigenvalue weighted by atomic mass is 32.2. The summed E-state index contributed by atoms with van der Waals surface area (Å²) in [5.41, 5.74) is 7.77. The van der Waals surface area contributed by atoms with Gasteiger partial charge in [-0.05, 0) is 48.4 Å². The third-order valence-corrected chi connectivity index (χ3v) is 8.83. The zero-order valence-electron chi connectivity index (χ0n) is 22.6. The number of piperidine rings is 1. The summed E-state index contributed by atoms with van der Waals surface area (Å²) in [5.74, 6) is -1.22. The van der Waals surface area contributed by atoms with Crippen LogP contribution in [0, 0.1) is 5.92 Å². The molecule has 1 aromatic carbocycles. The first kappa shape index (κ1) is 27.4. The van der Waals surface area contributed by atoms with Crippen molar-refractivity contribution in [1.82, 2.24) is 15.0 Å². The Labute approximate surface area is 227 Å². The molecule has 12 heteroatoms. The van der Waals surface area contributed by atoms with E-state index in [-0.39, 0.29) is 36.0 Å². The van der Waals surface area contributed by atoms with Crippen molar-refractivity contribution >= 4 is 43.9 Å². The van der Waals surface area contributed by atoms with E-state index in [1.165, 1.54) is 17.4 Å². The summed E-state index contributed by atoms with van der Waals surface area (Å²) >= 11 is 0. The SMILES string of the molecule is CC(C)c1ccc(N2C[C@H](CS(C)(=O)=O)[C@H]2C)c2cnc(Nc3ccnc(N4CCC(N)C(F)(F)C4)n3)cc12. The van der Waals surface area contributed by atoms with Gasteiger partial charge in [0.05, 0.1) is 18.3 Å². The van der Waals surface area contributed by atoms with Gasteiger partial charge in [0.2, 0.25) is 5.95 Å². The number of sulfone groups is 1. The molecule has 210 valence electrons. The number of nitrogens with one attached hydrogen (secondary N) is 1. The average Bonchev–Trinajstić information content (AvgIpc) is 2.86. The molecule has 2 aliphatic rings. The molecule has 0 bridgehead atoms. The van der Waals surface area contributed by atoms with E-state index in [9.17, 15) is 17.2 Å². The van der Waals surface area contributed by atoms with Crippen LogP contribution in [-0.4, -0.2) is 73.0 Å². The Morgan fingerprint density at radius 1 is 1.18 bits per heavy atom. The fourth-order valence-corrected chi connectivity index (χ4v) is 6.65. The molecular weight excluding hydrogens is 524 g/mol. The van der Waals surface area contributed by atoms with Crippen molar-refractivity contribution in [3.8, 4) is 0 Å². The maximum Gasteiger partial charge on any atom is 0.280 e. The molecule has 2 fully saturated rings. The van der Waals surface area contributed by atoms with Gasteiger partial charge in [0.25, 0.3) is 5.92 Å². The van der Waals surface area contributed by atoms with Crippen molar-refractivity contribution in [2.75, 3.05) is 46.8 Å². The van der Waals surface area contributed by atoms with E-state index in [1.807, 2.05) is 12.3 Å². The molecule has 2 aromatic heterocycles. The minimum atomic E-state index is -3.04.